The Morgan fingerprint density at radius 1 is 1.67 bits per heavy atom. The molecule has 2 saturated heterocycles. The van der Waals surface area contributed by atoms with Crippen LogP contribution in [-0.4, -0.2) is 43.3 Å². The summed E-state index contributed by atoms with van der Waals surface area (Å²) >= 11 is 0. The van der Waals surface area contributed by atoms with Crippen molar-refractivity contribution < 1.29 is 9.53 Å². The van der Waals surface area contributed by atoms with E-state index in [1.807, 2.05) is 0 Å². The molecule has 0 aromatic rings. The number of carbonyl (C=O) groups is 1. The van der Waals surface area contributed by atoms with E-state index in [2.05, 4.69) is 5.32 Å². The Morgan fingerprint density at radius 3 is 3.00 bits per heavy atom. The first kappa shape index (κ1) is 7.86. The minimum atomic E-state index is -0.218. The van der Waals surface area contributed by atoms with Crippen molar-refractivity contribution in [3.63, 3.8) is 0 Å². The summed E-state index contributed by atoms with van der Waals surface area (Å²) < 4.78 is 5.33. The van der Waals surface area contributed by atoms with Gasteiger partial charge in [0.05, 0.1) is 6.54 Å². The molecule has 0 unspecified atom stereocenters. The van der Waals surface area contributed by atoms with E-state index in [-0.39, 0.29) is 11.7 Å². The van der Waals surface area contributed by atoms with Crippen molar-refractivity contribution in [1.29, 1.82) is 0 Å². The van der Waals surface area contributed by atoms with Gasteiger partial charge in [0.15, 0.2) is 0 Å². The van der Waals surface area contributed by atoms with E-state index in [0.717, 1.165) is 32.5 Å². The molecule has 0 radical (unpaired) electrons. The van der Waals surface area contributed by atoms with Crippen molar-refractivity contribution in [2.45, 2.75) is 18.4 Å². The third-order valence-corrected chi connectivity index (χ3v) is 2.57. The Hall–Kier alpha value is -0.770. The lowest BCUT2D eigenvalue weighted by Crippen LogP contribution is -2.48. The molecule has 2 heterocycles. The fourth-order valence-corrected chi connectivity index (χ4v) is 1.95. The summed E-state index contributed by atoms with van der Waals surface area (Å²) in [5.74, 6) is 0. The monoisotopic (exact) mass is 170 g/mol. The van der Waals surface area contributed by atoms with Gasteiger partial charge in [-0.15, -0.1) is 0 Å². The lowest BCUT2D eigenvalue weighted by Gasteiger charge is -2.31. The van der Waals surface area contributed by atoms with Crippen LogP contribution in [0.2, 0.25) is 0 Å². The molecule has 68 valence electrons. The van der Waals surface area contributed by atoms with Gasteiger partial charge in [0.2, 0.25) is 0 Å². The molecule has 2 rings (SSSR count). The predicted molar refractivity (Wildman–Crippen MR) is 43.9 cm³/mol. The Morgan fingerprint density at radius 2 is 2.50 bits per heavy atom. The van der Waals surface area contributed by atoms with Crippen LogP contribution in [0.4, 0.5) is 4.79 Å². The Labute approximate surface area is 71.9 Å². The van der Waals surface area contributed by atoms with Crippen LogP contribution in [0.25, 0.3) is 0 Å². The SMILES string of the molecule is CN1C[C@@]2(CCCNC2)OC1=O. The van der Waals surface area contributed by atoms with Gasteiger partial charge in [-0.05, 0) is 19.4 Å². The molecule has 4 nitrogen and oxygen atoms in total. The van der Waals surface area contributed by atoms with Gasteiger partial charge in [0, 0.05) is 13.6 Å². The number of piperidine rings is 1. The molecule has 0 aromatic carbocycles. The van der Waals surface area contributed by atoms with E-state index in [1.54, 1.807) is 11.9 Å². The summed E-state index contributed by atoms with van der Waals surface area (Å²) in [6.45, 7) is 2.59. The maximum absolute atomic E-state index is 11.1. The molecule has 2 aliphatic heterocycles. The minimum absolute atomic E-state index is 0.182. The number of nitrogens with one attached hydrogen (secondary N) is 1. The lowest BCUT2D eigenvalue weighted by atomic mass is 9.94. The van der Waals surface area contributed by atoms with Crippen molar-refractivity contribution in [3.8, 4) is 0 Å². The van der Waals surface area contributed by atoms with Crippen LogP contribution in [0.15, 0.2) is 0 Å². The third kappa shape index (κ3) is 1.16. The molecule has 1 atom stereocenters. The quantitative estimate of drug-likeness (QED) is 0.564. The smallest absolute Gasteiger partial charge is 0.410 e. The van der Waals surface area contributed by atoms with Crippen LogP contribution in [0.1, 0.15) is 12.8 Å². The maximum Gasteiger partial charge on any atom is 0.410 e. The van der Waals surface area contributed by atoms with Gasteiger partial charge in [0.25, 0.3) is 0 Å². The average molecular weight is 170 g/mol. The zero-order valence-corrected chi connectivity index (χ0v) is 7.30. The van der Waals surface area contributed by atoms with Gasteiger partial charge in [0.1, 0.15) is 5.60 Å². The summed E-state index contributed by atoms with van der Waals surface area (Å²) in [7, 11) is 1.78. The molecule has 0 aromatic heterocycles. The standard InChI is InChI=1S/C8H14N2O2/c1-10-6-8(12-7(10)11)3-2-4-9-5-8/h9H,2-6H2,1H3/t8-/m0/s1. The summed E-state index contributed by atoms with van der Waals surface area (Å²) in [5.41, 5.74) is -0.218. The van der Waals surface area contributed by atoms with E-state index < -0.39 is 0 Å². The fraction of sp³-hybridized carbons (Fsp3) is 0.875. The van der Waals surface area contributed by atoms with Gasteiger partial charge in [-0.1, -0.05) is 0 Å². The Balaban J connectivity index is 2.07. The summed E-state index contributed by atoms with van der Waals surface area (Å²) in [5, 5.41) is 3.25. The van der Waals surface area contributed by atoms with Gasteiger partial charge >= 0.3 is 6.09 Å². The first-order valence-electron chi connectivity index (χ1n) is 4.37. The van der Waals surface area contributed by atoms with Crippen LogP contribution < -0.4 is 5.32 Å². The van der Waals surface area contributed by atoms with E-state index in [9.17, 15) is 4.79 Å². The average Bonchev–Trinajstić information content (AvgIpc) is 2.29. The molecule has 2 fully saturated rings. The molecule has 4 heteroatoms. The largest absolute Gasteiger partial charge is 0.440 e. The fourth-order valence-electron chi connectivity index (χ4n) is 1.95. The predicted octanol–water partition coefficient (Wildman–Crippen LogP) is 0.191. The van der Waals surface area contributed by atoms with Crippen LogP contribution in [-0.2, 0) is 4.74 Å². The van der Waals surface area contributed by atoms with Crippen LogP contribution >= 0.6 is 0 Å². The summed E-state index contributed by atoms with van der Waals surface area (Å²) in [6, 6.07) is 0. The summed E-state index contributed by atoms with van der Waals surface area (Å²) in [4.78, 5) is 12.8. The molecule has 1 amide bonds. The normalized spacial score (nSPS) is 35.8. The van der Waals surface area contributed by atoms with E-state index in [1.165, 1.54) is 0 Å². The number of ether oxygens (including phenoxy) is 1. The molecule has 1 spiro atoms. The van der Waals surface area contributed by atoms with Crippen molar-refractivity contribution in [2.24, 2.45) is 0 Å². The number of amides is 1. The van der Waals surface area contributed by atoms with E-state index in [4.69, 9.17) is 4.74 Å². The Bertz CT molecular complexity index is 199. The number of likely N-dealkylation sites (N-methyl/N-ethyl adjacent to an activating group) is 1. The van der Waals surface area contributed by atoms with Crippen molar-refractivity contribution in [2.75, 3.05) is 26.7 Å². The molecule has 0 aliphatic carbocycles. The topological polar surface area (TPSA) is 41.6 Å². The zero-order chi connectivity index (χ0) is 8.60. The highest BCUT2D eigenvalue weighted by Gasteiger charge is 2.44. The molecule has 0 bridgehead atoms. The second kappa shape index (κ2) is 2.62. The van der Waals surface area contributed by atoms with Crippen LogP contribution in [0.5, 0.6) is 0 Å². The minimum Gasteiger partial charge on any atom is -0.440 e. The number of hydrogen-bond acceptors (Lipinski definition) is 3. The first-order chi connectivity index (χ1) is 5.72. The van der Waals surface area contributed by atoms with Crippen LogP contribution in [0.3, 0.4) is 0 Å². The second-order valence-electron chi connectivity index (χ2n) is 3.69. The van der Waals surface area contributed by atoms with Gasteiger partial charge in [-0.25, -0.2) is 4.79 Å². The Kier molecular flexibility index (Phi) is 1.72. The molecular weight excluding hydrogens is 156 g/mol. The lowest BCUT2D eigenvalue weighted by molar-refractivity contribution is 0.0366. The van der Waals surface area contributed by atoms with Crippen molar-refractivity contribution in [1.82, 2.24) is 10.2 Å². The molecule has 12 heavy (non-hydrogen) atoms. The van der Waals surface area contributed by atoms with Crippen molar-refractivity contribution in [3.05, 3.63) is 0 Å². The third-order valence-electron chi connectivity index (χ3n) is 2.57. The molecular formula is C8H14N2O2. The number of carbonyl (C=O) groups excluding carboxylic acids is 1. The number of rotatable bonds is 0. The highest BCUT2D eigenvalue weighted by Crippen LogP contribution is 2.27. The number of hydrogen-bond donors (Lipinski definition) is 1. The highest BCUT2D eigenvalue weighted by atomic mass is 16.6. The maximum atomic E-state index is 11.1. The highest BCUT2D eigenvalue weighted by molar-refractivity contribution is 5.70. The van der Waals surface area contributed by atoms with Gasteiger partial charge in [-0.3, -0.25) is 0 Å². The molecule has 2 aliphatic rings. The second-order valence-corrected chi connectivity index (χ2v) is 3.69. The van der Waals surface area contributed by atoms with Gasteiger partial charge in [-0.2, -0.15) is 0 Å². The van der Waals surface area contributed by atoms with Crippen molar-refractivity contribution >= 4 is 6.09 Å². The van der Waals surface area contributed by atoms with E-state index in [0.29, 0.717) is 0 Å². The van der Waals surface area contributed by atoms with E-state index >= 15 is 0 Å². The number of nitrogens with zero attached hydrogens (tertiary/aromatic N) is 1. The molecule has 0 saturated carbocycles. The zero-order valence-electron chi connectivity index (χ0n) is 7.30. The summed E-state index contributed by atoms with van der Waals surface area (Å²) in [6.07, 6.45) is 1.91. The van der Waals surface area contributed by atoms with Crippen LogP contribution in [0, 0.1) is 0 Å². The first-order valence-corrected chi connectivity index (χ1v) is 4.37. The molecule has 1 N–H and O–H groups in total. The van der Waals surface area contributed by atoms with Gasteiger partial charge < -0.3 is 15.0 Å².